The van der Waals surface area contributed by atoms with Crippen molar-refractivity contribution in [1.82, 2.24) is 0 Å². The van der Waals surface area contributed by atoms with Gasteiger partial charge in [-0.2, -0.15) is 0 Å². The molecule has 3 nitrogen and oxygen atoms in total. The van der Waals surface area contributed by atoms with Crippen molar-refractivity contribution < 1.29 is 9.53 Å². The van der Waals surface area contributed by atoms with Crippen molar-refractivity contribution >= 4 is 23.3 Å². The molecule has 0 saturated heterocycles. The fraction of sp³-hybridized carbons (Fsp3) is 0.462. The zero-order valence-electron chi connectivity index (χ0n) is 10.6. The third-order valence-electron chi connectivity index (χ3n) is 1.97. The molecule has 0 saturated carbocycles. The zero-order chi connectivity index (χ0) is 13.1. The first-order chi connectivity index (χ1) is 7.78. The first kappa shape index (κ1) is 13.8. The lowest BCUT2D eigenvalue weighted by Gasteiger charge is -2.20. The Kier molecular flexibility index (Phi) is 4.40. The average molecular weight is 256 g/mol. The minimum Gasteiger partial charge on any atom is -0.459 e. The molecular weight excluding hydrogens is 238 g/mol. The highest BCUT2D eigenvalue weighted by Gasteiger charge is 2.16. The van der Waals surface area contributed by atoms with E-state index in [0.717, 1.165) is 11.3 Å². The Hall–Kier alpha value is -1.22. The van der Waals surface area contributed by atoms with Gasteiger partial charge in [0.2, 0.25) is 0 Å². The first-order valence-corrected chi connectivity index (χ1v) is 5.87. The summed E-state index contributed by atoms with van der Waals surface area (Å²) in [6.45, 7) is 7.59. The van der Waals surface area contributed by atoms with E-state index in [1.165, 1.54) is 0 Å². The van der Waals surface area contributed by atoms with E-state index in [2.05, 4.69) is 5.32 Å². The van der Waals surface area contributed by atoms with Crippen LogP contribution in [-0.2, 0) is 9.53 Å². The van der Waals surface area contributed by atoms with Gasteiger partial charge in [-0.05, 0) is 45.4 Å². The van der Waals surface area contributed by atoms with Crippen molar-refractivity contribution in [1.29, 1.82) is 0 Å². The van der Waals surface area contributed by atoms with Crippen molar-refractivity contribution in [2.75, 3.05) is 11.9 Å². The van der Waals surface area contributed by atoms with Gasteiger partial charge in [-0.1, -0.05) is 17.7 Å². The standard InChI is InChI=1S/C13H18ClNO2/c1-9-5-6-10(14)11(7-9)15-8-12(16)17-13(2,3)4/h5-7,15H,8H2,1-4H3. The Morgan fingerprint density at radius 3 is 2.65 bits per heavy atom. The topological polar surface area (TPSA) is 38.3 Å². The number of carbonyl (C=O) groups excluding carboxylic acids is 1. The molecule has 1 aromatic rings. The van der Waals surface area contributed by atoms with E-state index >= 15 is 0 Å². The predicted molar refractivity (Wildman–Crippen MR) is 70.5 cm³/mol. The van der Waals surface area contributed by atoms with Gasteiger partial charge in [-0.25, -0.2) is 0 Å². The van der Waals surface area contributed by atoms with Gasteiger partial charge in [0.05, 0.1) is 10.7 Å². The molecule has 0 aliphatic heterocycles. The van der Waals surface area contributed by atoms with Crippen molar-refractivity contribution in [3.05, 3.63) is 28.8 Å². The zero-order valence-corrected chi connectivity index (χ0v) is 11.4. The van der Waals surface area contributed by atoms with Gasteiger partial charge in [0, 0.05) is 0 Å². The monoisotopic (exact) mass is 255 g/mol. The summed E-state index contributed by atoms with van der Waals surface area (Å²) in [5.41, 5.74) is 1.37. The number of halogens is 1. The number of carbonyl (C=O) groups is 1. The van der Waals surface area contributed by atoms with E-state index in [1.807, 2.05) is 39.8 Å². The Morgan fingerprint density at radius 1 is 1.41 bits per heavy atom. The van der Waals surface area contributed by atoms with Gasteiger partial charge >= 0.3 is 5.97 Å². The molecule has 0 unspecified atom stereocenters. The number of hydrogen-bond acceptors (Lipinski definition) is 3. The molecule has 0 spiro atoms. The van der Waals surface area contributed by atoms with Crippen LogP contribution in [0.5, 0.6) is 0 Å². The number of nitrogens with one attached hydrogen (secondary N) is 1. The van der Waals surface area contributed by atoms with E-state index in [9.17, 15) is 4.79 Å². The normalized spacial score (nSPS) is 11.1. The van der Waals surface area contributed by atoms with E-state index in [-0.39, 0.29) is 12.5 Å². The molecule has 0 atom stereocenters. The second-order valence-electron chi connectivity index (χ2n) is 4.92. The summed E-state index contributed by atoms with van der Waals surface area (Å²) in [5, 5.41) is 3.57. The van der Waals surface area contributed by atoms with Gasteiger partial charge < -0.3 is 10.1 Å². The molecule has 94 valence electrons. The molecule has 0 amide bonds. The summed E-state index contributed by atoms with van der Waals surface area (Å²) in [7, 11) is 0. The van der Waals surface area contributed by atoms with Crippen LogP contribution < -0.4 is 5.32 Å². The van der Waals surface area contributed by atoms with Crippen molar-refractivity contribution in [3.63, 3.8) is 0 Å². The smallest absolute Gasteiger partial charge is 0.325 e. The van der Waals surface area contributed by atoms with Crippen LogP contribution in [0.25, 0.3) is 0 Å². The molecule has 0 aliphatic carbocycles. The SMILES string of the molecule is Cc1ccc(Cl)c(NCC(=O)OC(C)(C)C)c1. The Balaban J connectivity index is 2.56. The van der Waals surface area contributed by atoms with Gasteiger partial charge in [-0.15, -0.1) is 0 Å². The van der Waals surface area contributed by atoms with Crippen LogP contribution >= 0.6 is 11.6 Å². The number of rotatable bonds is 3. The molecule has 4 heteroatoms. The number of hydrogen-bond donors (Lipinski definition) is 1. The minimum atomic E-state index is -0.463. The Bertz CT molecular complexity index is 410. The van der Waals surface area contributed by atoms with Crippen LogP contribution in [-0.4, -0.2) is 18.1 Å². The average Bonchev–Trinajstić information content (AvgIpc) is 2.17. The maximum atomic E-state index is 11.5. The Labute approximate surface area is 107 Å². The van der Waals surface area contributed by atoms with Crippen molar-refractivity contribution in [2.45, 2.75) is 33.3 Å². The molecule has 17 heavy (non-hydrogen) atoms. The predicted octanol–water partition coefficient (Wildman–Crippen LogP) is 3.40. The number of esters is 1. The quantitative estimate of drug-likeness (QED) is 0.842. The molecule has 0 heterocycles. The van der Waals surface area contributed by atoms with Crippen molar-refractivity contribution in [3.8, 4) is 0 Å². The maximum absolute atomic E-state index is 11.5. The second kappa shape index (κ2) is 5.41. The van der Waals surface area contributed by atoms with Crippen LogP contribution in [0, 0.1) is 6.92 Å². The lowest BCUT2D eigenvalue weighted by Crippen LogP contribution is -2.28. The van der Waals surface area contributed by atoms with E-state index in [4.69, 9.17) is 16.3 Å². The van der Waals surface area contributed by atoms with Gasteiger partial charge in [0.25, 0.3) is 0 Å². The van der Waals surface area contributed by atoms with Crippen molar-refractivity contribution in [2.24, 2.45) is 0 Å². The van der Waals surface area contributed by atoms with Gasteiger partial charge in [-0.3, -0.25) is 4.79 Å². The first-order valence-electron chi connectivity index (χ1n) is 5.50. The molecule has 0 aromatic heterocycles. The van der Waals surface area contributed by atoms with Gasteiger partial charge in [0.1, 0.15) is 12.1 Å². The molecule has 0 bridgehead atoms. The van der Waals surface area contributed by atoms with Crippen LogP contribution in [0.15, 0.2) is 18.2 Å². The Morgan fingerprint density at radius 2 is 2.06 bits per heavy atom. The highest BCUT2D eigenvalue weighted by Crippen LogP contribution is 2.22. The molecule has 0 aliphatic rings. The third kappa shape index (κ3) is 5.09. The van der Waals surface area contributed by atoms with Gasteiger partial charge in [0.15, 0.2) is 0 Å². The van der Waals surface area contributed by atoms with Crippen LogP contribution in [0.1, 0.15) is 26.3 Å². The highest BCUT2D eigenvalue weighted by molar-refractivity contribution is 6.33. The molecule has 1 N–H and O–H groups in total. The fourth-order valence-corrected chi connectivity index (χ4v) is 1.50. The summed E-state index contributed by atoms with van der Waals surface area (Å²) >= 11 is 6.00. The number of ether oxygens (including phenoxy) is 1. The lowest BCUT2D eigenvalue weighted by molar-refractivity contribution is -0.152. The number of aryl methyl sites for hydroxylation is 1. The third-order valence-corrected chi connectivity index (χ3v) is 2.29. The highest BCUT2D eigenvalue weighted by atomic mass is 35.5. The van der Waals surface area contributed by atoms with E-state index in [1.54, 1.807) is 6.07 Å². The van der Waals surface area contributed by atoms with Crippen LogP contribution in [0.3, 0.4) is 0 Å². The maximum Gasteiger partial charge on any atom is 0.325 e. The molecule has 1 rings (SSSR count). The lowest BCUT2D eigenvalue weighted by atomic mass is 10.2. The summed E-state index contributed by atoms with van der Waals surface area (Å²) in [6.07, 6.45) is 0. The molecule has 1 aromatic carbocycles. The number of anilines is 1. The van der Waals surface area contributed by atoms with Crippen LogP contribution in [0.2, 0.25) is 5.02 Å². The van der Waals surface area contributed by atoms with E-state index in [0.29, 0.717) is 5.02 Å². The molecule has 0 fully saturated rings. The molecular formula is C13H18ClNO2. The largest absolute Gasteiger partial charge is 0.459 e. The summed E-state index contributed by atoms with van der Waals surface area (Å²) in [6, 6.07) is 5.61. The summed E-state index contributed by atoms with van der Waals surface area (Å²) < 4.78 is 5.19. The summed E-state index contributed by atoms with van der Waals surface area (Å²) in [4.78, 5) is 11.5. The number of benzene rings is 1. The van der Waals surface area contributed by atoms with E-state index < -0.39 is 5.60 Å². The fourth-order valence-electron chi connectivity index (χ4n) is 1.32. The second-order valence-corrected chi connectivity index (χ2v) is 5.33. The summed E-state index contributed by atoms with van der Waals surface area (Å²) in [5.74, 6) is -0.296. The van der Waals surface area contributed by atoms with Crippen LogP contribution in [0.4, 0.5) is 5.69 Å². The minimum absolute atomic E-state index is 0.112. The molecule has 0 radical (unpaired) electrons.